The Kier molecular flexibility index (Phi) is 3.83. The number of hydrogen-bond acceptors (Lipinski definition) is 4. The molecule has 0 saturated heterocycles. The minimum Gasteiger partial charge on any atom is -0.385 e. The molecule has 3 N–H and O–H groups in total. The van der Waals surface area contributed by atoms with E-state index in [9.17, 15) is 9.90 Å². The number of pyridine rings is 1. The van der Waals surface area contributed by atoms with E-state index >= 15 is 0 Å². The normalized spacial score (nSPS) is 12.3. The quantitative estimate of drug-likeness (QED) is 0.693. The summed E-state index contributed by atoms with van der Waals surface area (Å²) in [5, 5.41) is 12.4. The van der Waals surface area contributed by atoms with Crippen LogP contribution in [0.5, 0.6) is 0 Å². The van der Waals surface area contributed by atoms with Crippen molar-refractivity contribution in [3.8, 4) is 0 Å². The van der Waals surface area contributed by atoms with Gasteiger partial charge in [0.2, 0.25) is 0 Å². The molecule has 1 aromatic carbocycles. The van der Waals surface area contributed by atoms with Gasteiger partial charge in [0.15, 0.2) is 0 Å². The van der Waals surface area contributed by atoms with E-state index < -0.39 is 6.10 Å². The first-order valence-electron chi connectivity index (χ1n) is 7.36. The second kappa shape index (κ2) is 5.81. The van der Waals surface area contributed by atoms with E-state index in [2.05, 4.69) is 20.3 Å². The fraction of sp³-hybridized carbons (Fsp3) is 0.235. The highest BCUT2D eigenvalue weighted by molar-refractivity contribution is 6.04. The average Bonchev–Trinajstić information content (AvgIpc) is 2.93. The van der Waals surface area contributed by atoms with Crippen LogP contribution in [0.3, 0.4) is 0 Å². The highest BCUT2D eigenvalue weighted by Gasteiger charge is 2.11. The molecule has 0 spiro atoms. The number of aromatic nitrogens is 3. The number of anilines is 1. The Hall–Kier alpha value is -2.73. The van der Waals surface area contributed by atoms with Gasteiger partial charge in [0.1, 0.15) is 11.9 Å². The lowest BCUT2D eigenvalue weighted by Gasteiger charge is -2.06. The van der Waals surface area contributed by atoms with Crippen molar-refractivity contribution >= 4 is 22.6 Å². The van der Waals surface area contributed by atoms with Gasteiger partial charge in [-0.05, 0) is 50.6 Å². The molecule has 1 unspecified atom stereocenters. The van der Waals surface area contributed by atoms with Gasteiger partial charge in [-0.15, -0.1) is 0 Å². The first kappa shape index (κ1) is 15.2. The van der Waals surface area contributed by atoms with Crippen LogP contribution in [-0.2, 0) is 0 Å². The lowest BCUT2D eigenvalue weighted by Crippen LogP contribution is -2.12. The number of rotatable bonds is 3. The number of nitrogens with zero attached hydrogens (tertiary/aromatic N) is 2. The molecular formula is C17H18N4O2. The number of hydrogen-bond donors (Lipinski definition) is 3. The highest BCUT2D eigenvalue weighted by Crippen LogP contribution is 2.20. The van der Waals surface area contributed by atoms with Crippen molar-refractivity contribution in [1.82, 2.24) is 15.0 Å². The lowest BCUT2D eigenvalue weighted by molar-refractivity contribution is 0.102. The molecule has 0 fully saturated rings. The fourth-order valence-corrected chi connectivity index (χ4v) is 2.28. The van der Waals surface area contributed by atoms with Crippen molar-refractivity contribution in [3.05, 3.63) is 53.1 Å². The maximum atomic E-state index is 12.3. The van der Waals surface area contributed by atoms with E-state index in [1.54, 1.807) is 31.3 Å². The van der Waals surface area contributed by atoms with Gasteiger partial charge in [-0.1, -0.05) is 0 Å². The molecule has 1 atom stereocenters. The first-order chi connectivity index (χ1) is 10.9. The second-order valence-electron chi connectivity index (χ2n) is 5.61. The number of carbonyl (C=O) groups is 1. The molecule has 3 rings (SSSR count). The number of carbonyl (C=O) groups excluding carboxylic acids is 1. The highest BCUT2D eigenvalue weighted by atomic mass is 16.3. The predicted octanol–water partition coefficient (Wildman–Crippen LogP) is 2.88. The topological polar surface area (TPSA) is 90.9 Å². The number of nitrogens with one attached hydrogen (secondary N) is 2. The van der Waals surface area contributed by atoms with Crippen LogP contribution in [0.25, 0.3) is 11.0 Å². The Morgan fingerprint density at radius 3 is 2.78 bits per heavy atom. The van der Waals surface area contributed by atoms with Gasteiger partial charge in [-0.3, -0.25) is 9.78 Å². The summed E-state index contributed by atoms with van der Waals surface area (Å²) in [6, 6.07) is 7.19. The molecule has 118 valence electrons. The molecule has 0 aliphatic rings. The Morgan fingerprint density at radius 2 is 2.09 bits per heavy atom. The molecular weight excluding hydrogens is 292 g/mol. The van der Waals surface area contributed by atoms with E-state index in [0.29, 0.717) is 17.1 Å². The number of amides is 1. The van der Waals surface area contributed by atoms with Crippen molar-refractivity contribution in [2.75, 3.05) is 5.32 Å². The third-order valence-electron chi connectivity index (χ3n) is 3.76. The van der Waals surface area contributed by atoms with E-state index in [0.717, 1.165) is 22.3 Å². The molecule has 6 heteroatoms. The van der Waals surface area contributed by atoms with Gasteiger partial charge in [0, 0.05) is 17.6 Å². The summed E-state index contributed by atoms with van der Waals surface area (Å²) in [6.45, 7) is 5.48. The molecule has 0 aliphatic heterocycles. The summed E-state index contributed by atoms with van der Waals surface area (Å²) in [4.78, 5) is 23.8. The summed E-state index contributed by atoms with van der Waals surface area (Å²) < 4.78 is 0. The summed E-state index contributed by atoms with van der Waals surface area (Å²) in [7, 11) is 0. The SMILES string of the molecule is Cc1cc(C(=O)Nc2ccc3nc(C(C)O)[nH]c3c2)cnc1C. The summed E-state index contributed by atoms with van der Waals surface area (Å²) >= 11 is 0. The average molecular weight is 310 g/mol. The number of aromatic amines is 1. The standard InChI is InChI=1S/C17H18N4O2/c1-9-6-12(8-18-10(9)2)17(23)19-13-4-5-14-15(7-13)21-16(20-14)11(3)22/h4-8,11,22H,1-3H3,(H,19,23)(H,20,21). The molecule has 0 radical (unpaired) electrons. The number of aliphatic hydroxyl groups excluding tert-OH is 1. The van der Waals surface area contributed by atoms with Gasteiger partial charge in [-0.25, -0.2) is 4.98 Å². The number of aryl methyl sites for hydroxylation is 2. The molecule has 0 bridgehead atoms. The third kappa shape index (κ3) is 3.07. The smallest absolute Gasteiger partial charge is 0.257 e. The molecule has 3 aromatic rings. The zero-order valence-corrected chi connectivity index (χ0v) is 13.2. The zero-order valence-electron chi connectivity index (χ0n) is 13.2. The second-order valence-corrected chi connectivity index (χ2v) is 5.61. The minimum absolute atomic E-state index is 0.213. The van der Waals surface area contributed by atoms with Crippen molar-refractivity contribution in [3.63, 3.8) is 0 Å². The fourth-order valence-electron chi connectivity index (χ4n) is 2.28. The largest absolute Gasteiger partial charge is 0.385 e. The van der Waals surface area contributed by atoms with Crippen LogP contribution in [0.2, 0.25) is 0 Å². The van der Waals surface area contributed by atoms with Crippen molar-refractivity contribution < 1.29 is 9.90 Å². The zero-order chi connectivity index (χ0) is 16.6. The van der Waals surface area contributed by atoms with Crippen LogP contribution >= 0.6 is 0 Å². The molecule has 23 heavy (non-hydrogen) atoms. The molecule has 0 aliphatic carbocycles. The van der Waals surface area contributed by atoms with Gasteiger partial charge in [0.25, 0.3) is 5.91 Å². The Labute approximate surface area is 133 Å². The van der Waals surface area contributed by atoms with Gasteiger partial charge >= 0.3 is 0 Å². The van der Waals surface area contributed by atoms with Gasteiger partial charge in [0.05, 0.1) is 16.6 Å². The van der Waals surface area contributed by atoms with Gasteiger partial charge in [-0.2, -0.15) is 0 Å². The van der Waals surface area contributed by atoms with Crippen molar-refractivity contribution in [2.24, 2.45) is 0 Å². The van der Waals surface area contributed by atoms with Crippen molar-refractivity contribution in [1.29, 1.82) is 0 Å². The number of fused-ring (bicyclic) bond motifs is 1. The molecule has 2 aromatic heterocycles. The predicted molar refractivity (Wildman–Crippen MR) is 88.4 cm³/mol. The third-order valence-corrected chi connectivity index (χ3v) is 3.76. The monoisotopic (exact) mass is 310 g/mol. The van der Waals surface area contributed by atoms with E-state index in [1.807, 2.05) is 19.9 Å². The van der Waals surface area contributed by atoms with E-state index in [4.69, 9.17) is 0 Å². The van der Waals surface area contributed by atoms with Crippen LogP contribution in [0.15, 0.2) is 30.5 Å². The summed E-state index contributed by atoms with van der Waals surface area (Å²) in [5.41, 5.74) is 4.56. The first-order valence-corrected chi connectivity index (χ1v) is 7.36. The summed E-state index contributed by atoms with van der Waals surface area (Å²) in [5.74, 6) is 0.289. The Bertz CT molecular complexity index is 883. The minimum atomic E-state index is -0.665. The van der Waals surface area contributed by atoms with Crippen LogP contribution in [0.1, 0.15) is 40.5 Å². The van der Waals surface area contributed by atoms with Gasteiger partial charge < -0.3 is 15.4 Å². The molecule has 1 amide bonds. The number of benzene rings is 1. The van der Waals surface area contributed by atoms with E-state index in [-0.39, 0.29) is 5.91 Å². The van der Waals surface area contributed by atoms with Crippen LogP contribution in [-0.4, -0.2) is 26.0 Å². The number of aliphatic hydroxyl groups is 1. The molecule has 0 saturated carbocycles. The van der Waals surface area contributed by atoms with Crippen LogP contribution < -0.4 is 5.32 Å². The number of H-pyrrole nitrogens is 1. The Morgan fingerprint density at radius 1 is 1.30 bits per heavy atom. The Balaban J connectivity index is 1.85. The maximum Gasteiger partial charge on any atom is 0.257 e. The molecule has 6 nitrogen and oxygen atoms in total. The summed E-state index contributed by atoms with van der Waals surface area (Å²) in [6.07, 6.45) is 0.903. The molecule has 2 heterocycles. The maximum absolute atomic E-state index is 12.3. The number of imidazole rings is 1. The lowest BCUT2D eigenvalue weighted by atomic mass is 10.1. The van der Waals surface area contributed by atoms with E-state index in [1.165, 1.54) is 0 Å². The van der Waals surface area contributed by atoms with Crippen LogP contribution in [0.4, 0.5) is 5.69 Å². The van der Waals surface area contributed by atoms with Crippen molar-refractivity contribution in [2.45, 2.75) is 26.9 Å². The van der Waals surface area contributed by atoms with Crippen LogP contribution in [0, 0.1) is 13.8 Å².